The van der Waals surface area contributed by atoms with Gasteiger partial charge in [-0.2, -0.15) is 5.26 Å². The Labute approximate surface area is 126 Å². The third kappa shape index (κ3) is 5.86. The van der Waals surface area contributed by atoms with Crippen LogP contribution in [0.2, 0.25) is 0 Å². The minimum atomic E-state index is -0.239. The van der Waals surface area contributed by atoms with Gasteiger partial charge in [0.25, 0.3) is 5.91 Å². The van der Waals surface area contributed by atoms with E-state index in [1.165, 1.54) is 19.5 Å². The first-order valence-corrected chi connectivity index (χ1v) is 7.41. The highest BCUT2D eigenvalue weighted by Crippen LogP contribution is 2.22. The van der Waals surface area contributed by atoms with Gasteiger partial charge in [0.05, 0.1) is 0 Å². The summed E-state index contributed by atoms with van der Waals surface area (Å²) in [5.41, 5.74) is 0.103. The molecule has 1 aliphatic rings. The topological polar surface area (TPSA) is 85.2 Å². The number of nitrogens with one attached hydrogen (secondary N) is 2. The molecule has 1 rings (SSSR count). The number of amides is 2. The van der Waals surface area contributed by atoms with E-state index >= 15 is 0 Å². The van der Waals surface area contributed by atoms with Crippen LogP contribution >= 0.6 is 0 Å². The van der Waals surface area contributed by atoms with Gasteiger partial charge in [-0.3, -0.25) is 9.59 Å². The number of nitrogens with zero attached hydrogens (tertiary/aromatic N) is 2. The van der Waals surface area contributed by atoms with E-state index in [9.17, 15) is 9.59 Å². The van der Waals surface area contributed by atoms with Gasteiger partial charge in [-0.25, -0.2) is 0 Å². The van der Waals surface area contributed by atoms with Crippen LogP contribution in [-0.2, 0) is 9.59 Å². The van der Waals surface area contributed by atoms with E-state index in [1.54, 1.807) is 11.9 Å². The minimum Gasteiger partial charge on any atom is -0.388 e. The van der Waals surface area contributed by atoms with Crippen LogP contribution in [0.15, 0.2) is 11.8 Å². The Balaban J connectivity index is 2.47. The molecule has 0 saturated heterocycles. The molecule has 0 aromatic heterocycles. The lowest BCUT2D eigenvalue weighted by atomic mass is 9.94. The standard InChI is InChI=1S/C15H24N4O2/c1-12(20)18-9-8-17-11-13(10-16)15(21)19(2)14-6-4-3-5-7-14/h11,14,17H,3-9H2,1-2H3,(H,18,20)/b13-11-. The molecule has 116 valence electrons. The largest absolute Gasteiger partial charge is 0.388 e. The second-order valence-electron chi connectivity index (χ2n) is 5.31. The summed E-state index contributed by atoms with van der Waals surface area (Å²) in [6, 6.07) is 2.18. The number of carbonyl (C=O) groups excluding carboxylic acids is 2. The van der Waals surface area contributed by atoms with Gasteiger partial charge < -0.3 is 15.5 Å². The Morgan fingerprint density at radius 1 is 1.29 bits per heavy atom. The van der Waals surface area contributed by atoms with Gasteiger partial charge in [-0.15, -0.1) is 0 Å². The molecule has 1 saturated carbocycles. The van der Waals surface area contributed by atoms with Crippen molar-refractivity contribution in [3.8, 4) is 6.07 Å². The Morgan fingerprint density at radius 2 is 1.95 bits per heavy atom. The van der Waals surface area contributed by atoms with Crippen molar-refractivity contribution >= 4 is 11.8 Å². The first-order chi connectivity index (χ1) is 10.1. The van der Waals surface area contributed by atoms with Crippen LogP contribution in [-0.4, -0.2) is 42.9 Å². The highest BCUT2D eigenvalue weighted by Gasteiger charge is 2.24. The van der Waals surface area contributed by atoms with Crippen LogP contribution in [0.3, 0.4) is 0 Å². The van der Waals surface area contributed by atoms with Crippen LogP contribution < -0.4 is 10.6 Å². The summed E-state index contributed by atoms with van der Waals surface area (Å²) >= 11 is 0. The van der Waals surface area contributed by atoms with Crippen molar-refractivity contribution < 1.29 is 9.59 Å². The summed E-state index contributed by atoms with van der Waals surface area (Å²) in [6.45, 7) is 2.38. The highest BCUT2D eigenvalue weighted by atomic mass is 16.2. The number of nitriles is 1. The molecule has 0 aromatic carbocycles. The zero-order valence-electron chi connectivity index (χ0n) is 12.8. The molecule has 0 heterocycles. The van der Waals surface area contributed by atoms with Crippen LogP contribution in [0, 0.1) is 11.3 Å². The van der Waals surface area contributed by atoms with Crippen LogP contribution in [0.5, 0.6) is 0 Å². The van der Waals surface area contributed by atoms with Crippen molar-refractivity contribution in [3.63, 3.8) is 0 Å². The van der Waals surface area contributed by atoms with Crippen molar-refractivity contribution in [1.82, 2.24) is 15.5 Å². The van der Waals surface area contributed by atoms with Crippen LogP contribution in [0.1, 0.15) is 39.0 Å². The molecule has 6 nitrogen and oxygen atoms in total. The zero-order valence-corrected chi connectivity index (χ0v) is 12.8. The number of likely N-dealkylation sites (N-methyl/N-ethyl adjacent to an activating group) is 1. The predicted molar refractivity (Wildman–Crippen MR) is 80.0 cm³/mol. The number of hydrogen-bond donors (Lipinski definition) is 2. The maximum atomic E-state index is 12.3. The molecule has 0 bridgehead atoms. The van der Waals surface area contributed by atoms with E-state index in [2.05, 4.69) is 10.6 Å². The fraction of sp³-hybridized carbons (Fsp3) is 0.667. The van der Waals surface area contributed by atoms with E-state index in [1.807, 2.05) is 6.07 Å². The van der Waals surface area contributed by atoms with Gasteiger partial charge in [-0.05, 0) is 12.8 Å². The molecule has 1 fully saturated rings. The van der Waals surface area contributed by atoms with Gasteiger partial charge >= 0.3 is 0 Å². The van der Waals surface area contributed by atoms with Crippen molar-refractivity contribution in [2.75, 3.05) is 20.1 Å². The van der Waals surface area contributed by atoms with Crippen molar-refractivity contribution in [3.05, 3.63) is 11.8 Å². The number of rotatable bonds is 6. The van der Waals surface area contributed by atoms with Crippen molar-refractivity contribution in [2.45, 2.75) is 45.1 Å². The molecule has 2 amide bonds. The monoisotopic (exact) mass is 292 g/mol. The molecular weight excluding hydrogens is 268 g/mol. The van der Waals surface area contributed by atoms with Crippen LogP contribution in [0.25, 0.3) is 0 Å². The minimum absolute atomic E-state index is 0.102. The summed E-state index contributed by atoms with van der Waals surface area (Å²) in [5, 5.41) is 14.6. The Bertz CT molecular complexity index is 433. The molecule has 2 N–H and O–H groups in total. The number of carbonyl (C=O) groups is 2. The fourth-order valence-electron chi connectivity index (χ4n) is 2.45. The van der Waals surface area contributed by atoms with E-state index in [-0.39, 0.29) is 23.4 Å². The van der Waals surface area contributed by atoms with Gasteiger partial charge in [0.15, 0.2) is 0 Å². The molecule has 6 heteroatoms. The smallest absolute Gasteiger partial charge is 0.265 e. The lowest BCUT2D eigenvalue weighted by Gasteiger charge is -2.31. The maximum absolute atomic E-state index is 12.3. The molecule has 21 heavy (non-hydrogen) atoms. The summed E-state index contributed by atoms with van der Waals surface area (Å²) in [7, 11) is 1.76. The lowest BCUT2D eigenvalue weighted by molar-refractivity contribution is -0.128. The van der Waals surface area contributed by atoms with E-state index < -0.39 is 0 Å². The molecule has 1 aliphatic carbocycles. The van der Waals surface area contributed by atoms with Gasteiger partial charge in [0.1, 0.15) is 11.6 Å². The molecule has 0 radical (unpaired) electrons. The van der Waals surface area contributed by atoms with Gasteiger partial charge in [0, 0.05) is 39.3 Å². The summed E-state index contributed by atoms with van der Waals surface area (Å²) in [5.74, 6) is -0.342. The normalized spacial score (nSPS) is 16.0. The summed E-state index contributed by atoms with van der Waals surface area (Å²) in [4.78, 5) is 24.7. The first-order valence-electron chi connectivity index (χ1n) is 7.41. The molecule has 0 aliphatic heterocycles. The summed E-state index contributed by atoms with van der Waals surface area (Å²) < 4.78 is 0. The van der Waals surface area contributed by atoms with E-state index in [0.29, 0.717) is 13.1 Å². The zero-order chi connectivity index (χ0) is 15.7. The summed E-state index contributed by atoms with van der Waals surface area (Å²) in [6.07, 6.45) is 6.97. The lowest BCUT2D eigenvalue weighted by Crippen LogP contribution is -2.39. The average molecular weight is 292 g/mol. The van der Waals surface area contributed by atoms with Gasteiger partial charge in [-0.1, -0.05) is 19.3 Å². The van der Waals surface area contributed by atoms with E-state index in [4.69, 9.17) is 5.26 Å². The molecular formula is C15H24N4O2. The Hall–Kier alpha value is -2.03. The molecule has 0 atom stereocenters. The quantitative estimate of drug-likeness (QED) is 0.433. The molecule has 0 spiro atoms. The third-order valence-electron chi connectivity index (χ3n) is 3.68. The second kappa shape index (κ2) is 9.01. The van der Waals surface area contributed by atoms with Crippen molar-refractivity contribution in [2.24, 2.45) is 0 Å². The highest BCUT2D eigenvalue weighted by molar-refractivity contribution is 5.97. The Kier molecular flexibility index (Phi) is 7.30. The Morgan fingerprint density at radius 3 is 2.52 bits per heavy atom. The first kappa shape index (κ1) is 17.0. The second-order valence-corrected chi connectivity index (χ2v) is 5.31. The maximum Gasteiger partial charge on any atom is 0.265 e. The van der Waals surface area contributed by atoms with Gasteiger partial charge in [0.2, 0.25) is 5.91 Å². The van der Waals surface area contributed by atoms with Crippen LogP contribution in [0.4, 0.5) is 0 Å². The SMILES string of the molecule is CC(=O)NCCN/C=C(/C#N)C(=O)N(C)C1CCCCC1. The number of hydrogen-bond acceptors (Lipinski definition) is 4. The van der Waals surface area contributed by atoms with E-state index in [0.717, 1.165) is 25.7 Å². The molecule has 0 unspecified atom stereocenters. The predicted octanol–water partition coefficient (Wildman–Crippen LogP) is 0.911. The van der Waals surface area contributed by atoms with Crippen molar-refractivity contribution in [1.29, 1.82) is 5.26 Å². The third-order valence-corrected chi connectivity index (χ3v) is 3.68. The fourth-order valence-corrected chi connectivity index (χ4v) is 2.45. The average Bonchev–Trinajstić information content (AvgIpc) is 2.50. The molecule has 0 aromatic rings.